The first-order valence-electron chi connectivity index (χ1n) is 7.64. The first-order valence-corrected chi connectivity index (χ1v) is 8.05. The van der Waals surface area contributed by atoms with E-state index in [-0.39, 0.29) is 0 Å². The summed E-state index contributed by atoms with van der Waals surface area (Å²) in [6, 6.07) is 15.9. The Bertz CT molecular complexity index is 711. The second-order valence-electron chi connectivity index (χ2n) is 5.15. The fraction of sp³-hybridized carbons (Fsp3) is 0.158. The van der Waals surface area contributed by atoms with E-state index in [1.165, 1.54) is 11.1 Å². The van der Waals surface area contributed by atoms with Crippen LogP contribution in [0.5, 0.6) is 5.75 Å². The number of thiocarbonyl (C=S) groups is 1. The Labute approximate surface area is 148 Å². The van der Waals surface area contributed by atoms with Gasteiger partial charge in [-0.1, -0.05) is 30.3 Å². The number of benzene rings is 2. The number of aryl methyl sites for hydroxylation is 1. The van der Waals surface area contributed by atoms with E-state index in [0.29, 0.717) is 18.3 Å². The number of nitrogens with one attached hydrogen (secondary N) is 2. The van der Waals surface area contributed by atoms with Gasteiger partial charge in [-0.3, -0.25) is 5.43 Å². The summed E-state index contributed by atoms with van der Waals surface area (Å²) in [6.45, 7) is 6.86. The molecule has 0 saturated heterocycles. The Morgan fingerprint density at radius 2 is 1.96 bits per heavy atom. The molecule has 124 valence electrons. The molecule has 0 aliphatic heterocycles. The normalized spacial score (nSPS) is 10.4. The van der Waals surface area contributed by atoms with E-state index < -0.39 is 0 Å². The highest BCUT2D eigenvalue weighted by molar-refractivity contribution is 7.80. The molecule has 0 amide bonds. The fourth-order valence-corrected chi connectivity index (χ4v) is 2.09. The van der Waals surface area contributed by atoms with E-state index >= 15 is 0 Å². The monoisotopic (exact) mass is 339 g/mol. The van der Waals surface area contributed by atoms with Crippen LogP contribution in [0.25, 0.3) is 0 Å². The molecule has 0 aromatic heterocycles. The van der Waals surface area contributed by atoms with Crippen molar-refractivity contribution in [3.05, 3.63) is 77.9 Å². The first kappa shape index (κ1) is 17.7. The zero-order chi connectivity index (χ0) is 17.2. The summed E-state index contributed by atoms with van der Waals surface area (Å²) in [5.74, 6) is 0.825. The van der Waals surface area contributed by atoms with Crippen LogP contribution in [0.15, 0.2) is 66.3 Å². The average Bonchev–Trinajstić information content (AvgIpc) is 2.60. The Hall–Kier alpha value is -2.66. The van der Waals surface area contributed by atoms with Crippen molar-refractivity contribution in [2.75, 3.05) is 6.54 Å². The topological polar surface area (TPSA) is 45.7 Å². The molecular weight excluding hydrogens is 318 g/mol. The molecule has 0 fully saturated rings. The molecule has 4 nitrogen and oxygen atoms in total. The predicted molar refractivity (Wildman–Crippen MR) is 103 cm³/mol. The lowest BCUT2D eigenvalue weighted by Gasteiger charge is -2.08. The molecule has 0 atom stereocenters. The van der Waals surface area contributed by atoms with Gasteiger partial charge in [0.15, 0.2) is 5.11 Å². The quantitative estimate of drug-likeness (QED) is 0.350. The Kier molecular flexibility index (Phi) is 6.98. The summed E-state index contributed by atoms with van der Waals surface area (Å²) in [7, 11) is 0. The molecule has 0 spiro atoms. The zero-order valence-corrected chi connectivity index (χ0v) is 14.5. The summed E-state index contributed by atoms with van der Waals surface area (Å²) >= 11 is 5.04. The van der Waals surface area contributed by atoms with Crippen molar-refractivity contribution < 1.29 is 4.74 Å². The zero-order valence-electron chi connectivity index (χ0n) is 13.7. The lowest BCUT2D eigenvalue weighted by molar-refractivity contribution is 0.305. The molecule has 0 saturated carbocycles. The van der Waals surface area contributed by atoms with Crippen LogP contribution in [-0.4, -0.2) is 17.9 Å². The molecule has 0 bridgehead atoms. The SMILES string of the molecule is C=CCNC(=S)N/N=C/c1ccc(OCc2ccccc2C)cc1. The summed E-state index contributed by atoms with van der Waals surface area (Å²) in [5.41, 5.74) is 6.12. The molecule has 0 heterocycles. The van der Waals surface area contributed by atoms with Crippen LogP contribution in [0.1, 0.15) is 16.7 Å². The first-order chi connectivity index (χ1) is 11.7. The third-order valence-corrected chi connectivity index (χ3v) is 3.56. The van der Waals surface area contributed by atoms with Gasteiger partial charge >= 0.3 is 0 Å². The highest BCUT2D eigenvalue weighted by Crippen LogP contribution is 2.15. The molecule has 2 aromatic carbocycles. The smallest absolute Gasteiger partial charge is 0.187 e. The van der Waals surface area contributed by atoms with Gasteiger partial charge in [0.1, 0.15) is 12.4 Å². The minimum Gasteiger partial charge on any atom is -0.489 e. The molecule has 0 radical (unpaired) electrons. The number of hydrogen-bond donors (Lipinski definition) is 2. The second kappa shape index (κ2) is 9.47. The van der Waals surface area contributed by atoms with Crippen molar-refractivity contribution >= 4 is 23.5 Å². The number of rotatable bonds is 7. The molecular formula is C19H21N3OS. The van der Waals surface area contributed by atoms with Crippen LogP contribution in [0.3, 0.4) is 0 Å². The fourth-order valence-electron chi connectivity index (χ4n) is 1.95. The van der Waals surface area contributed by atoms with Crippen molar-refractivity contribution in [1.29, 1.82) is 0 Å². The lowest BCUT2D eigenvalue weighted by atomic mass is 10.1. The van der Waals surface area contributed by atoms with Crippen molar-refractivity contribution in [1.82, 2.24) is 10.7 Å². The van der Waals surface area contributed by atoms with Gasteiger partial charge in [-0.15, -0.1) is 6.58 Å². The minimum atomic E-state index is 0.462. The van der Waals surface area contributed by atoms with Gasteiger partial charge in [0.25, 0.3) is 0 Å². The van der Waals surface area contributed by atoms with Crippen LogP contribution >= 0.6 is 12.2 Å². The van der Waals surface area contributed by atoms with E-state index in [0.717, 1.165) is 11.3 Å². The van der Waals surface area contributed by atoms with E-state index in [1.54, 1.807) is 12.3 Å². The summed E-state index contributed by atoms with van der Waals surface area (Å²) in [6.07, 6.45) is 3.43. The van der Waals surface area contributed by atoms with Crippen molar-refractivity contribution in [2.24, 2.45) is 5.10 Å². The molecule has 5 heteroatoms. The highest BCUT2D eigenvalue weighted by atomic mass is 32.1. The number of hydrazone groups is 1. The van der Waals surface area contributed by atoms with Crippen LogP contribution in [0.2, 0.25) is 0 Å². The molecule has 0 unspecified atom stereocenters. The van der Waals surface area contributed by atoms with Gasteiger partial charge in [0.05, 0.1) is 6.21 Å². The van der Waals surface area contributed by atoms with E-state index in [1.807, 2.05) is 36.4 Å². The largest absolute Gasteiger partial charge is 0.489 e. The van der Waals surface area contributed by atoms with E-state index in [4.69, 9.17) is 17.0 Å². The van der Waals surface area contributed by atoms with Gasteiger partial charge in [0.2, 0.25) is 0 Å². The Morgan fingerprint density at radius 3 is 2.67 bits per heavy atom. The van der Waals surface area contributed by atoms with Crippen molar-refractivity contribution in [3.8, 4) is 5.75 Å². The van der Waals surface area contributed by atoms with Gasteiger partial charge in [-0.05, 0) is 60.1 Å². The number of hydrogen-bond acceptors (Lipinski definition) is 3. The average molecular weight is 339 g/mol. The van der Waals surface area contributed by atoms with E-state index in [2.05, 4.69) is 41.5 Å². The van der Waals surface area contributed by atoms with Crippen LogP contribution < -0.4 is 15.5 Å². The van der Waals surface area contributed by atoms with Crippen molar-refractivity contribution in [2.45, 2.75) is 13.5 Å². The maximum Gasteiger partial charge on any atom is 0.187 e. The number of ether oxygens (including phenoxy) is 1. The molecule has 0 aliphatic carbocycles. The molecule has 2 aromatic rings. The van der Waals surface area contributed by atoms with Crippen LogP contribution in [-0.2, 0) is 6.61 Å². The van der Waals surface area contributed by atoms with Crippen LogP contribution in [0, 0.1) is 6.92 Å². The molecule has 0 aliphatic rings. The third kappa shape index (κ3) is 5.85. The van der Waals surface area contributed by atoms with Crippen LogP contribution in [0.4, 0.5) is 0 Å². The number of nitrogens with zero attached hydrogens (tertiary/aromatic N) is 1. The van der Waals surface area contributed by atoms with Gasteiger partial charge < -0.3 is 10.1 Å². The lowest BCUT2D eigenvalue weighted by Crippen LogP contribution is -2.31. The minimum absolute atomic E-state index is 0.462. The standard InChI is InChI=1S/C19H21N3OS/c1-3-12-20-19(24)22-21-13-16-8-10-18(11-9-16)23-14-17-7-5-4-6-15(17)2/h3-11,13H,1,12,14H2,2H3,(H2,20,22,24)/b21-13+. The summed E-state index contributed by atoms with van der Waals surface area (Å²) < 4.78 is 5.81. The maximum atomic E-state index is 5.81. The van der Waals surface area contributed by atoms with Gasteiger partial charge in [-0.2, -0.15) is 5.10 Å². The Morgan fingerprint density at radius 1 is 1.21 bits per heavy atom. The maximum absolute atomic E-state index is 5.81. The predicted octanol–water partition coefficient (Wildman–Crippen LogP) is 3.56. The second-order valence-corrected chi connectivity index (χ2v) is 5.56. The highest BCUT2D eigenvalue weighted by Gasteiger charge is 1.99. The van der Waals surface area contributed by atoms with Crippen molar-refractivity contribution in [3.63, 3.8) is 0 Å². The summed E-state index contributed by atoms with van der Waals surface area (Å²) in [4.78, 5) is 0. The third-order valence-electron chi connectivity index (χ3n) is 3.32. The van der Waals surface area contributed by atoms with Gasteiger partial charge in [0, 0.05) is 6.54 Å². The molecule has 24 heavy (non-hydrogen) atoms. The van der Waals surface area contributed by atoms with Gasteiger partial charge in [-0.25, -0.2) is 0 Å². The summed E-state index contributed by atoms with van der Waals surface area (Å²) in [5, 5.41) is 7.47. The molecule has 2 rings (SSSR count). The Balaban J connectivity index is 1.83. The molecule has 2 N–H and O–H groups in total. The van der Waals surface area contributed by atoms with E-state index in [9.17, 15) is 0 Å².